The van der Waals surface area contributed by atoms with Gasteiger partial charge in [0.2, 0.25) is 5.91 Å². The third-order valence-corrected chi connectivity index (χ3v) is 4.25. The number of aryl methyl sites for hydroxylation is 1. The highest BCUT2D eigenvalue weighted by molar-refractivity contribution is 7.09. The van der Waals surface area contributed by atoms with Gasteiger partial charge in [0, 0.05) is 28.4 Å². The van der Waals surface area contributed by atoms with Gasteiger partial charge in [-0.1, -0.05) is 6.07 Å². The van der Waals surface area contributed by atoms with Crippen LogP contribution in [0.1, 0.15) is 17.7 Å². The van der Waals surface area contributed by atoms with Gasteiger partial charge in [0.05, 0.1) is 0 Å². The van der Waals surface area contributed by atoms with Gasteiger partial charge in [-0.05, 0) is 48.6 Å². The number of benzene rings is 1. The van der Waals surface area contributed by atoms with Crippen LogP contribution < -0.4 is 10.9 Å². The molecule has 1 N–H and O–H groups in total. The Morgan fingerprint density at radius 3 is 2.91 bits per heavy atom. The number of thiophene rings is 1. The number of carbonyl (C=O) groups excluding carboxylic acids is 1. The van der Waals surface area contributed by atoms with Crippen molar-refractivity contribution in [2.24, 2.45) is 0 Å². The highest BCUT2D eigenvalue weighted by Gasteiger charge is 2.05. The highest BCUT2D eigenvalue weighted by atomic mass is 32.1. The average molecular weight is 313 g/mol. The Morgan fingerprint density at radius 1 is 1.18 bits per heavy atom. The molecular formula is C17H15NO3S. The van der Waals surface area contributed by atoms with E-state index in [1.54, 1.807) is 35.6 Å². The summed E-state index contributed by atoms with van der Waals surface area (Å²) in [4.78, 5) is 24.4. The number of carbonyl (C=O) groups is 1. The molecule has 2 heterocycles. The van der Waals surface area contributed by atoms with E-state index in [9.17, 15) is 9.59 Å². The summed E-state index contributed by atoms with van der Waals surface area (Å²) in [5.41, 5.74) is 0.850. The van der Waals surface area contributed by atoms with E-state index in [0.717, 1.165) is 18.2 Å². The maximum absolute atomic E-state index is 11.9. The maximum Gasteiger partial charge on any atom is 0.336 e. The molecule has 0 bridgehead atoms. The van der Waals surface area contributed by atoms with Crippen LogP contribution in [0.3, 0.4) is 0 Å². The molecule has 2 aromatic heterocycles. The third kappa shape index (κ3) is 3.62. The minimum Gasteiger partial charge on any atom is -0.423 e. The van der Waals surface area contributed by atoms with E-state index in [2.05, 4.69) is 11.4 Å². The smallest absolute Gasteiger partial charge is 0.336 e. The largest absolute Gasteiger partial charge is 0.423 e. The molecule has 3 rings (SSSR count). The van der Waals surface area contributed by atoms with E-state index in [0.29, 0.717) is 17.7 Å². The summed E-state index contributed by atoms with van der Waals surface area (Å²) in [6.45, 7) is 0. The predicted molar refractivity (Wildman–Crippen MR) is 88.4 cm³/mol. The second kappa shape index (κ2) is 6.58. The van der Waals surface area contributed by atoms with E-state index in [1.807, 2.05) is 11.4 Å². The Kier molecular flexibility index (Phi) is 4.34. The molecule has 0 saturated carbocycles. The van der Waals surface area contributed by atoms with Gasteiger partial charge in [-0.3, -0.25) is 4.79 Å². The summed E-state index contributed by atoms with van der Waals surface area (Å²) in [5.74, 6) is -0.00621. The summed E-state index contributed by atoms with van der Waals surface area (Å²) in [7, 11) is 0. The van der Waals surface area contributed by atoms with E-state index in [-0.39, 0.29) is 11.5 Å². The van der Waals surface area contributed by atoms with Crippen molar-refractivity contribution in [1.29, 1.82) is 0 Å². The number of amides is 1. The molecule has 0 aliphatic carbocycles. The van der Waals surface area contributed by atoms with Crippen LogP contribution in [0.5, 0.6) is 0 Å². The summed E-state index contributed by atoms with van der Waals surface area (Å²) in [6, 6.07) is 12.4. The number of hydrogen-bond acceptors (Lipinski definition) is 4. The van der Waals surface area contributed by atoms with Crippen LogP contribution in [0.25, 0.3) is 11.0 Å². The summed E-state index contributed by atoms with van der Waals surface area (Å²) in [5, 5.41) is 5.71. The van der Waals surface area contributed by atoms with Gasteiger partial charge < -0.3 is 9.73 Å². The van der Waals surface area contributed by atoms with Gasteiger partial charge in [0.25, 0.3) is 0 Å². The molecule has 0 radical (unpaired) electrons. The lowest BCUT2D eigenvalue weighted by atomic mass is 10.2. The van der Waals surface area contributed by atoms with Crippen LogP contribution in [0, 0.1) is 0 Å². The van der Waals surface area contributed by atoms with E-state index in [4.69, 9.17) is 4.42 Å². The fraction of sp³-hybridized carbons (Fsp3) is 0.176. The van der Waals surface area contributed by atoms with Crippen molar-refractivity contribution >= 4 is 33.9 Å². The predicted octanol–water partition coefficient (Wildman–Crippen LogP) is 3.82. The van der Waals surface area contributed by atoms with Crippen LogP contribution in [0.4, 0.5) is 5.69 Å². The Morgan fingerprint density at radius 2 is 2.09 bits per heavy atom. The summed E-state index contributed by atoms with van der Waals surface area (Å²) >= 11 is 1.71. The van der Waals surface area contributed by atoms with E-state index < -0.39 is 0 Å². The van der Waals surface area contributed by atoms with Gasteiger partial charge in [-0.15, -0.1) is 11.3 Å². The molecule has 1 aromatic carbocycles. The lowest BCUT2D eigenvalue weighted by Gasteiger charge is -2.06. The maximum atomic E-state index is 11.9. The van der Waals surface area contributed by atoms with Crippen LogP contribution in [-0.2, 0) is 11.2 Å². The topological polar surface area (TPSA) is 59.3 Å². The van der Waals surface area contributed by atoms with Gasteiger partial charge >= 0.3 is 5.63 Å². The molecule has 0 aliphatic rings. The Bertz CT molecular complexity index is 836. The van der Waals surface area contributed by atoms with Crippen LogP contribution in [0.2, 0.25) is 0 Å². The molecule has 4 nitrogen and oxygen atoms in total. The fourth-order valence-corrected chi connectivity index (χ4v) is 3.00. The van der Waals surface area contributed by atoms with E-state index in [1.165, 1.54) is 10.9 Å². The molecule has 0 spiro atoms. The van der Waals surface area contributed by atoms with Gasteiger partial charge in [0.1, 0.15) is 5.58 Å². The number of rotatable bonds is 5. The Balaban J connectivity index is 1.59. The molecular weight excluding hydrogens is 298 g/mol. The number of nitrogens with one attached hydrogen (secondary N) is 1. The molecule has 22 heavy (non-hydrogen) atoms. The van der Waals surface area contributed by atoms with Crippen molar-refractivity contribution in [2.45, 2.75) is 19.3 Å². The summed E-state index contributed by atoms with van der Waals surface area (Å²) < 4.78 is 5.06. The Hall–Kier alpha value is -2.40. The first-order chi connectivity index (χ1) is 10.7. The fourth-order valence-electron chi connectivity index (χ4n) is 2.25. The van der Waals surface area contributed by atoms with Crippen molar-refractivity contribution in [1.82, 2.24) is 0 Å². The SMILES string of the molecule is O=C(CCCc1cccs1)Nc1ccc2oc(=O)ccc2c1. The standard InChI is InChI=1S/C17H15NO3S/c19-16(5-1-3-14-4-2-10-22-14)18-13-7-8-15-12(11-13)6-9-17(20)21-15/h2,4,6-11H,1,3,5H2,(H,18,19). The first-order valence-electron chi connectivity index (χ1n) is 7.07. The van der Waals surface area contributed by atoms with Gasteiger partial charge in [0.15, 0.2) is 0 Å². The molecule has 0 unspecified atom stereocenters. The quantitative estimate of drug-likeness (QED) is 0.729. The zero-order valence-corrected chi connectivity index (χ0v) is 12.7. The Labute approximate surface area is 131 Å². The van der Waals surface area contributed by atoms with Crippen LogP contribution in [-0.4, -0.2) is 5.91 Å². The van der Waals surface area contributed by atoms with Gasteiger partial charge in [-0.2, -0.15) is 0 Å². The molecule has 0 saturated heterocycles. The normalized spacial score (nSPS) is 10.7. The zero-order valence-electron chi connectivity index (χ0n) is 11.9. The number of fused-ring (bicyclic) bond motifs is 1. The minimum atomic E-state index is -0.377. The van der Waals surface area contributed by atoms with Crippen LogP contribution in [0.15, 0.2) is 57.1 Å². The molecule has 1 amide bonds. The first kappa shape index (κ1) is 14.5. The van der Waals surface area contributed by atoms with Crippen molar-refractivity contribution in [2.75, 3.05) is 5.32 Å². The number of anilines is 1. The molecule has 112 valence electrons. The first-order valence-corrected chi connectivity index (χ1v) is 7.95. The second-order valence-electron chi connectivity index (χ2n) is 4.99. The van der Waals surface area contributed by atoms with Crippen molar-refractivity contribution < 1.29 is 9.21 Å². The van der Waals surface area contributed by atoms with Crippen molar-refractivity contribution in [3.63, 3.8) is 0 Å². The molecule has 5 heteroatoms. The van der Waals surface area contributed by atoms with Gasteiger partial charge in [-0.25, -0.2) is 4.79 Å². The van der Waals surface area contributed by atoms with Crippen LogP contribution >= 0.6 is 11.3 Å². The van der Waals surface area contributed by atoms with Crippen molar-refractivity contribution in [3.8, 4) is 0 Å². The third-order valence-electron chi connectivity index (χ3n) is 3.31. The molecule has 0 fully saturated rings. The van der Waals surface area contributed by atoms with E-state index >= 15 is 0 Å². The second-order valence-corrected chi connectivity index (χ2v) is 6.02. The molecule has 0 aliphatic heterocycles. The molecule has 3 aromatic rings. The molecule has 0 atom stereocenters. The average Bonchev–Trinajstić information content (AvgIpc) is 3.01. The highest BCUT2D eigenvalue weighted by Crippen LogP contribution is 2.18. The lowest BCUT2D eigenvalue weighted by Crippen LogP contribution is -2.11. The lowest BCUT2D eigenvalue weighted by molar-refractivity contribution is -0.116. The monoisotopic (exact) mass is 313 g/mol. The summed E-state index contributed by atoms with van der Waals surface area (Å²) in [6.07, 6.45) is 2.24. The minimum absolute atomic E-state index is 0.00621. The zero-order chi connectivity index (χ0) is 15.4. The number of hydrogen-bond donors (Lipinski definition) is 1. The van der Waals surface area contributed by atoms with Crippen molar-refractivity contribution in [3.05, 3.63) is 63.1 Å².